The molecule has 1 amide bonds. The van der Waals surface area contributed by atoms with Gasteiger partial charge < -0.3 is 15.8 Å². The molecule has 2 heterocycles. The zero-order chi connectivity index (χ0) is 16.1. The number of aromatic nitrogens is 1. The molecule has 0 spiro atoms. The van der Waals surface area contributed by atoms with Gasteiger partial charge in [0, 0.05) is 31.5 Å². The van der Waals surface area contributed by atoms with E-state index in [1.165, 1.54) is 0 Å². The Morgan fingerprint density at radius 3 is 3.04 bits per heavy atom. The van der Waals surface area contributed by atoms with Gasteiger partial charge in [-0.1, -0.05) is 24.3 Å². The number of hydrogen-bond donors (Lipinski definition) is 2. The fourth-order valence-corrected chi connectivity index (χ4v) is 2.78. The van der Waals surface area contributed by atoms with Gasteiger partial charge in [0.15, 0.2) is 0 Å². The number of nitrogens with zero attached hydrogens (tertiary/aromatic N) is 1. The van der Waals surface area contributed by atoms with E-state index in [0.717, 1.165) is 36.1 Å². The summed E-state index contributed by atoms with van der Waals surface area (Å²) < 4.78 is 5.54. The lowest BCUT2D eigenvalue weighted by Crippen LogP contribution is -2.32. The lowest BCUT2D eigenvalue weighted by atomic mass is 10.0. The van der Waals surface area contributed by atoms with Crippen LogP contribution in [0.5, 0.6) is 0 Å². The van der Waals surface area contributed by atoms with E-state index in [1.54, 1.807) is 6.20 Å². The Balaban J connectivity index is 1.80. The van der Waals surface area contributed by atoms with Crippen molar-refractivity contribution in [2.45, 2.75) is 25.5 Å². The van der Waals surface area contributed by atoms with Gasteiger partial charge in [0.2, 0.25) is 0 Å². The minimum atomic E-state index is -0.172. The Labute approximate surface area is 135 Å². The van der Waals surface area contributed by atoms with Crippen molar-refractivity contribution in [3.63, 3.8) is 0 Å². The number of carbonyl (C=O) groups is 1. The van der Waals surface area contributed by atoms with Crippen molar-refractivity contribution in [2.75, 3.05) is 13.2 Å². The second kappa shape index (κ2) is 7.35. The van der Waals surface area contributed by atoms with E-state index >= 15 is 0 Å². The number of rotatable bonds is 5. The van der Waals surface area contributed by atoms with Gasteiger partial charge in [-0.25, -0.2) is 0 Å². The Hall–Kier alpha value is -2.24. The SMILES string of the molecule is NCc1cccc(-c2cccnc2C(=O)NC[C@H]2CCCO2)c1. The van der Waals surface area contributed by atoms with Crippen molar-refractivity contribution < 1.29 is 9.53 Å². The monoisotopic (exact) mass is 311 g/mol. The number of pyridine rings is 1. The van der Waals surface area contributed by atoms with Crippen molar-refractivity contribution in [1.82, 2.24) is 10.3 Å². The summed E-state index contributed by atoms with van der Waals surface area (Å²) in [7, 11) is 0. The smallest absolute Gasteiger partial charge is 0.270 e. The Kier molecular flexibility index (Phi) is 5.00. The van der Waals surface area contributed by atoms with E-state index in [-0.39, 0.29) is 12.0 Å². The van der Waals surface area contributed by atoms with Gasteiger partial charge in [-0.2, -0.15) is 0 Å². The van der Waals surface area contributed by atoms with E-state index in [9.17, 15) is 4.79 Å². The topological polar surface area (TPSA) is 77.2 Å². The molecule has 0 bridgehead atoms. The quantitative estimate of drug-likeness (QED) is 0.886. The minimum absolute atomic E-state index is 0.117. The van der Waals surface area contributed by atoms with Crippen LogP contribution in [0.25, 0.3) is 11.1 Å². The van der Waals surface area contributed by atoms with Crippen molar-refractivity contribution in [1.29, 1.82) is 0 Å². The van der Waals surface area contributed by atoms with Crippen LogP contribution in [0.2, 0.25) is 0 Å². The minimum Gasteiger partial charge on any atom is -0.376 e. The number of amides is 1. The van der Waals surface area contributed by atoms with Crippen LogP contribution in [0.1, 0.15) is 28.9 Å². The molecular weight excluding hydrogens is 290 g/mol. The molecule has 3 N–H and O–H groups in total. The standard InChI is InChI=1S/C18H21N3O2/c19-11-13-4-1-5-14(10-13)16-7-2-8-20-17(16)18(22)21-12-15-6-3-9-23-15/h1-2,4-5,7-8,10,15H,3,6,9,11-12,19H2,(H,21,22)/t15-/m1/s1. The molecule has 2 aromatic rings. The molecule has 1 aromatic carbocycles. The highest BCUT2D eigenvalue weighted by molar-refractivity contribution is 5.98. The van der Waals surface area contributed by atoms with Gasteiger partial charge in [-0.05, 0) is 36.1 Å². The maximum Gasteiger partial charge on any atom is 0.270 e. The maximum atomic E-state index is 12.5. The van der Waals surface area contributed by atoms with Crippen molar-refractivity contribution in [3.05, 3.63) is 53.9 Å². The van der Waals surface area contributed by atoms with Crippen molar-refractivity contribution >= 4 is 5.91 Å². The van der Waals surface area contributed by atoms with Crippen LogP contribution in [0.15, 0.2) is 42.6 Å². The largest absolute Gasteiger partial charge is 0.376 e. The second-order valence-corrected chi connectivity index (χ2v) is 5.65. The normalized spacial score (nSPS) is 17.2. The van der Waals surface area contributed by atoms with Crippen LogP contribution >= 0.6 is 0 Å². The molecule has 1 atom stereocenters. The van der Waals surface area contributed by atoms with Gasteiger partial charge in [-0.15, -0.1) is 0 Å². The number of benzene rings is 1. The summed E-state index contributed by atoms with van der Waals surface area (Å²) in [6.07, 6.45) is 3.80. The molecule has 1 aromatic heterocycles. The lowest BCUT2D eigenvalue weighted by Gasteiger charge is -2.13. The highest BCUT2D eigenvalue weighted by Gasteiger charge is 2.19. The summed E-state index contributed by atoms with van der Waals surface area (Å²) in [6.45, 7) is 1.77. The molecule has 1 aliphatic heterocycles. The van der Waals surface area contributed by atoms with Crippen LogP contribution in [0, 0.1) is 0 Å². The molecule has 120 valence electrons. The predicted octanol–water partition coefficient (Wildman–Crippen LogP) is 2.12. The first-order valence-electron chi connectivity index (χ1n) is 7.92. The molecule has 0 radical (unpaired) electrons. The highest BCUT2D eigenvalue weighted by Crippen LogP contribution is 2.23. The number of ether oxygens (including phenoxy) is 1. The maximum absolute atomic E-state index is 12.5. The fraction of sp³-hybridized carbons (Fsp3) is 0.333. The van der Waals surface area contributed by atoms with E-state index in [2.05, 4.69) is 10.3 Å². The average Bonchev–Trinajstić information content (AvgIpc) is 3.13. The fourth-order valence-electron chi connectivity index (χ4n) is 2.78. The van der Waals surface area contributed by atoms with Crippen LogP contribution in [0.4, 0.5) is 0 Å². The van der Waals surface area contributed by atoms with E-state index in [1.807, 2.05) is 36.4 Å². The molecule has 1 fully saturated rings. The molecule has 5 nitrogen and oxygen atoms in total. The first-order chi connectivity index (χ1) is 11.3. The number of carbonyl (C=O) groups excluding carboxylic acids is 1. The van der Waals surface area contributed by atoms with Crippen LogP contribution in [0.3, 0.4) is 0 Å². The van der Waals surface area contributed by atoms with Crippen LogP contribution in [-0.2, 0) is 11.3 Å². The highest BCUT2D eigenvalue weighted by atomic mass is 16.5. The van der Waals surface area contributed by atoms with Gasteiger partial charge >= 0.3 is 0 Å². The van der Waals surface area contributed by atoms with Crippen LogP contribution < -0.4 is 11.1 Å². The van der Waals surface area contributed by atoms with E-state index < -0.39 is 0 Å². The predicted molar refractivity (Wildman–Crippen MR) is 88.9 cm³/mol. The zero-order valence-electron chi connectivity index (χ0n) is 13.0. The summed E-state index contributed by atoms with van der Waals surface area (Å²) in [5.74, 6) is -0.172. The first-order valence-corrected chi connectivity index (χ1v) is 7.92. The summed E-state index contributed by atoms with van der Waals surface area (Å²) in [5.41, 5.74) is 8.92. The van der Waals surface area contributed by atoms with Gasteiger partial charge in [0.25, 0.3) is 5.91 Å². The van der Waals surface area contributed by atoms with Gasteiger partial charge in [0.05, 0.1) is 6.10 Å². The van der Waals surface area contributed by atoms with E-state index in [4.69, 9.17) is 10.5 Å². The molecule has 23 heavy (non-hydrogen) atoms. The molecule has 1 aliphatic rings. The lowest BCUT2D eigenvalue weighted by molar-refractivity contribution is 0.0854. The van der Waals surface area contributed by atoms with Crippen molar-refractivity contribution in [3.8, 4) is 11.1 Å². The second-order valence-electron chi connectivity index (χ2n) is 5.65. The molecule has 3 rings (SSSR count). The van der Waals surface area contributed by atoms with Crippen molar-refractivity contribution in [2.24, 2.45) is 5.73 Å². The summed E-state index contributed by atoms with van der Waals surface area (Å²) >= 11 is 0. The molecule has 0 saturated carbocycles. The molecule has 5 heteroatoms. The first kappa shape index (κ1) is 15.6. The number of nitrogens with one attached hydrogen (secondary N) is 1. The molecule has 0 aliphatic carbocycles. The van der Waals surface area contributed by atoms with Crippen LogP contribution in [-0.4, -0.2) is 30.1 Å². The third-order valence-corrected chi connectivity index (χ3v) is 4.01. The zero-order valence-corrected chi connectivity index (χ0v) is 13.0. The number of nitrogens with two attached hydrogens (primary N) is 1. The third-order valence-electron chi connectivity index (χ3n) is 4.01. The molecule has 0 unspecified atom stereocenters. The average molecular weight is 311 g/mol. The van der Waals surface area contributed by atoms with E-state index in [0.29, 0.717) is 18.8 Å². The van der Waals surface area contributed by atoms with Gasteiger partial charge in [0.1, 0.15) is 5.69 Å². The Bertz CT molecular complexity index is 681. The Morgan fingerprint density at radius 1 is 1.35 bits per heavy atom. The summed E-state index contributed by atoms with van der Waals surface area (Å²) in [4.78, 5) is 16.8. The third kappa shape index (κ3) is 3.75. The summed E-state index contributed by atoms with van der Waals surface area (Å²) in [6, 6.07) is 11.6. The van der Waals surface area contributed by atoms with Gasteiger partial charge in [-0.3, -0.25) is 9.78 Å². The summed E-state index contributed by atoms with van der Waals surface area (Å²) in [5, 5.41) is 2.93. The molecular formula is C18H21N3O2. The Morgan fingerprint density at radius 2 is 2.26 bits per heavy atom. The molecule has 1 saturated heterocycles. The number of hydrogen-bond acceptors (Lipinski definition) is 4.